The lowest BCUT2D eigenvalue weighted by Crippen LogP contribution is -2.50. The molecule has 2 heterocycles. The van der Waals surface area contributed by atoms with Gasteiger partial charge in [-0.2, -0.15) is 4.37 Å². The van der Waals surface area contributed by atoms with Gasteiger partial charge in [-0.15, -0.1) is 0 Å². The largest absolute Gasteiger partial charge is 0.481 e. The highest BCUT2D eigenvalue weighted by atomic mass is 32.1. The van der Waals surface area contributed by atoms with Gasteiger partial charge in [0.15, 0.2) is 0 Å². The van der Waals surface area contributed by atoms with Gasteiger partial charge in [-0.1, -0.05) is 13.8 Å². The molecule has 0 aromatic carbocycles. The fraction of sp³-hybridized carbons (Fsp3) is 0.667. The SMILES string of the molecule is CC(C)c1nsc(N2CC(C(=O)O)C2)n1. The number of nitrogens with zero attached hydrogens (tertiary/aromatic N) is 3. The first kappa shape index (κ1) is 10.4. The van der Waals surface area contributed by atoms with Crippen LogP contribution in [0.15, 0.2) is 0 Å². The highest BCUT2D eigenvalue weighted by Crippen LogP contribution is 2.27. The number of hydrogen-bond acceptors (Lipinski definition) is 5. The molecule has 0 aliphatic carbocycles. The molecule has 2 rings (SSSR count). The fourth-order valence-corrected chi connectivity index (χ4v) is 2.21. The summed E-state index contributed by atoms with van der Waals surface area (Å²) in [7, 11) is 0. The topological polar surface area (TPSA) is 66.3 Å². The number of aliphatic carboxylic acids is 1. The van der Waals surface area contributed by atoms with Gasteiger partial charge in [-0.25, -0.2) is 4.98 Å². The number of hydrogen-bond donors (Lipinski definition) is 1. The predicted molar refractivity (Wildman–Crippen MR) is 57.3 cm³/mol. The van der Waals surface area contributed by atoms with Crippen molar-refractivity contribution in [3.8, 4) is 0 Å². The number of carboxylic acids is 1. The zero-order valence-electron chi connectivity index (χ0n) is 8.67. The Morgan fingerprint density at radius 2 is 2.27 bits per heavy atom. The zero-order valence-corrected chi connectivity index (χ0v) is 9.49. The normalized spacial score (nSPS) is 16.9. The van der Waals surface area contributed by atoms with Crippen molar-refractivity contribution in [1.82, 2.24) is 9.36 Å². The first-order valence-corrected chi connectivity index (χ1v) is 5.66. The predicted octanol–water partition coefficient (Wildman–Crippen LogP) is 1.18. The minimum absolute atomic E-state index is 0.239. The van der Waals surface area contributed by atoms with Crippen LogP contribution in [-0.4, -0.2) is 33.5 Å². The summed E-state index contributed by atoms with van der Waals surface area (Å²) in [6.07, 6.45) is 0. The van der Waals surface area contributed by atoms with Crippen molar-refractivity contribution in [2.24, 2.45) is 5.92 Å². The monoisotopic (exact) mass is 227 g/mol. The van der Waals surface area contributed by atoms with Gasteiger partial charge in [0.1, 0.15) is 5.82 Å². The highest BCUT2D eigenvalue weighted by molar-refractivity contribution is 7.09. The third kappa shape index (κ3) is 1.94. The van der Waals surface area contributed by atoms with E-state index in [-0.39, 0.29) is 5.92 Å². The van der Waals surface area contributed by atoms with Crippen LogP contribution in [0.2, 0.25) is 0 Å². The van der Waals surface area contributed by atoms with E-state index in [9.17, 15) is 4.79 Å². The third-order valence-electron chi connectivity index (χ3n) is 2.45. The van der Waals surface area contributed by atoms with Crippen molar-refractivity contribution in [3.63, 3.8) is 0 Å². The Balaban J connectivity index is 1.98. The van der Waals surface area contributed by atoms with Crippen LogP contribution in [0, 0.1) is 5.92 Å². The Morgan fingerprint density at radius 1 is 1.60 bits per heavy atom. The van der Waals surface area contributed by atoms with Crippen LogP contribution in [0.5, 0.6) is 0 Å². The van der Waals surface area contributed by atoms with E-state index in [1.165, 1.54) is 11.5 Å². The van der Waals surface area contributed by atoms with E-state index in [4.69, 9.17) is 5.11 Å². The van der Waals surface area contributed by atoms with Crippen LogP contribution in [0.25, 0.3) is 0 Å². The molecule has 1 aromatic heterocycles. The number of carboxylic acid groups (broad SMARTS) is 1. The molecular weight excluding hydrogens is 214 g/mol. The Kier molecular flexibility index (Phi) is 2.60. The summed E-state index contributed by atoms with van der Waals surface area (Å²) in [6, 6.07) is 0. The maximum absolute atomic E-state index is 10.6. The lowest BCUT2D eigenvalue weighted by Gasteiger charge is -2.35. The molecule has 0 spiro atoms. The summed E-state index contributed by atoms with van der Waals surface area (Å²) < 4.78 is 4.23. The van der Waals surface area contributed by atoms with Gasteiger partial charge in [0.2, 0.25) is 5.13 Å². The lowest BCUT2D eigenvalue weighted by atomic mass is 10.0. The molecule has 82 valence electrons. The number of anilines is 1. The van der Waals surface area contributed by atoms with Crippen molar-refractivity contribution in [1.29, 1.82) is 0 Å². The molecule has 1 saturated heterocycles. The molecule has 0 amide bonds. The van der Waals surface area contributed by atoms with E-state index in [2.05, 4.69) is 9.36 Å². The maximum atomic E-state index is 10.6. The first-order chi connectivity index (χ1) is 7.08. The fourth-order valence-electron chi connectivity index (χ4n) is 1.38. The molecule has 0 radical (unpaired) electrons. The summed E-state index contributed by atoms with van der Waals surface area (Å²) >= 11 is 1.35. The van der Waals surface area contributed by atoms with Gasteiger partial charge in [0, 0.05) is 30.5 Å². The molecule has 1 aliphatic rings. The second-order valence-electron chi connectivity index (χ2n) is 4.03. The Bertz CT molecular complexity index is 371. The quantitative estimate of drug-likeness (QED) is 0.840. The van der Waals surface area contributed by atoms with E-state index < -0.39 is 5.97 Å². The van der Waals surface area contributed by atoms with Gasteiger partial charge in [0.25, 0.3) is 0 Å². The third-order valence-corrected chi connectivity index (χ3v) is 3.24. The van der Waals surface area contributed by atoms with Gasteiger partial charge >= 0.3 is 5.97 Å². The lowest BCUT2D eigenvalue weighted by molar-refractivity contribution is -0.142. The molecule has 1 N–H and O–H groups in total. The van der Waals surface area contributed by atoms with Crippen molar-refractivity contribution in [2.75, 3.05) is 18.0 Å². The molecule has 5 nitrogen and oxygen atoms in total. The van der Waals surface area contributed by atoms with Crippen molar-refractivity contribution in [3.05, 3.63) is 5.82 Å². The van der Waals surface area contributed by atoms with Crippen LogP contribution in [0.1, 0.15) is 25.6 Å². The maximum Gasteiger partial charge on any atom is 0.310 e. The number of carbonyl (C=O) groups is 1. The smallest absolute Gasteiger partial charge is 0.310 e. The summed E-state index contributed by atoms with van der Waals surface area (Å²) in [5.41, 5.74) is 0. The van der Waals surface area contributed by atoms with E-state index in [0.29, 0.717) is 19.0 Å². The van der Waals surface area contributed by atoms with Crippen LogP contribution in [0.4, 0.5) is 5.13 Å². The Labute approximate surface area is 91.9 Å². The van der Waals surface area contributed by atoms with Crippen molar-refractivity contribution < 1.29 is 9.90 Å². The average Bonchev–Trinajstić information content (AvgIpc) is 2.49. The molecular formula is C9H13N3O2S. The van der Waals surface area contributed by atoms with E-state index >= 15 is 0 Å². The summed E-state index contributed by atoms with van der Waals surface area (Å²) in [6.45, 7) is 5.20. The highest BCUT2D eigenvalue weighted by Gasteiger charge is 2.34. The second-order valence-corrected chi connectivity index (χ2v) is 4.76. The Hall–Kier alpha value is -1.17. The molecule has 0 saturated carbocycles. The van der Waals surface area contributed by atoms with Crippen LogP contribution < -0.4 is 4.90 Å². The standard InChI is InChI=1S/C9H13N3O2S/c1-5(2)7-10-9(15-11-7)12-3-6(4-12)8(13)14/h5-6H,3-4H2,1-2H3,(H,13,14). The second kappa shape index (κ2) is 3.77. The summed E-state index contributed by atoms with van der Waals surface area (Å²) in [5, 5.41) is 9.58. The number of aromatic nitrogens is 2. The zero-order chi connectivity index (χ0) is 11.0. The first-order valence-electron chi connectivity index (χ1n) is 4.89. The Morgan fingerprint density at radius 3 is 2.73 bits per heavy atom. The molecule has 15 heavy (non-hydrogen) atoms. The molecule has 1 aliphatic heterocycles. The molecule has 6 heteroatoms. The van der Waals surface area contributed by atoms with E-state index in [1.54, 1.807) is 0 Å². The van der Waals surface area contributed by atoms with Crippen LogP contribution in [-0.2, 0) is 4.79 Å². The van der Waals surface area contributed by atoms with Crippen molar-refractivity contribution >= 4 is 22.6 Å². The van der Waals surface area contributed by atoms with Gasteiger partial charge in [0.05, 0.1) is 5.92 Å². The molecule has 0 unspecified atom stereocenters. The van der Waals surface area contributed by atoms with Gasteiger partial charge < -0.3 is 10.0 Å². The minimum atomic E-state index is -0.722. The van der Waals surface area contributed by atoms with E-state index in [1.807, 2.05) is 18.7 Å². The minimum Gasteiger partial charge on any atom is -0.481 e. The average molecular weight is 227 g/mol. The van der Waals surface area contributed by atoms with Gasteiger partial charge in [-0.05, 0) is 0 Å². The molecule has 1 aromatic rings. The van der Waals surface area contributed by atoms with Crippen molar-refractivity contribution in [2.45, 2.75) is 19.8 Å². The molecule has 0 atom stereocenters. The summed E-state index contributed by atoms with van der Waals surface area (Å²) in [4.78, 5) is 16.9. The molecule has 1 fully saturated rings. The molecule has 0 bridgehead atoms. The van der Waals surface area contributed by atoms with E-state index in [0.717, 1.165) is 11.0 Å². The number of rotatable bonds is 3. The van der Waals surface area contributed by atoms with Crippen LogP contribution in [0.3, 0.4) is 0 Å². The van der Waals surface area contributed by atoms with Crippen LogP contribution >= 0.6 is 11.5 Å². The summed E-state index contributed by atoms with van der Waals surface area (Å²) in [5.74, 6) is 0.205. The van der Waals surface area contributed by atoms with Gasteiger partial charge in [-0.3, -0.25) is 4.79 Å².